The van der Waals surface area contributed by atoms with Gasteiger partial charge in [-0.2, -0.15) is 0 Å². The Morgan fingerprint density at radius 3 is 2.14 bits per heavy atom. The normalized spacial score (nSPS) is 11.1. The predicted octanol–water partition coefficient (Wildman–Crippen LogP) is 4.06. The van der Waals surface area contributed by atoms with E-state index >= 15 is 0 Å². The Labute approximate surface area is 133 Å². The van der Waals surface area contributed by atoms with E-state index in [9.17, 15) is 4.79 Å². The highest BCUT2D eigenvalue weighted by molar-refractivity contribution is 5.94. The SMILES string of the molecule is CN(CC(=O)Nc1ccc(C(C)(C)C)cc1)c1ccccc1. The molecular formula is C19H24N2O. The minimum Gasteiger partial charge on any atom is -0.365 e. The minimum absolute atomic E-state index is 0.0186. The first-order valence-electron chi connectivity index (χ1n) is 7.53. The third kappa shape index (κ3) is 4.35. The number of rotatable bonds is 4. The number of anilines is 2. The van der Waals surface area contributed by atoms with E-state index in [0.29, 0.717) is 6.54 Å². The summed E-state index contributed by atoms with van der Waals surface area (Å²) in [4.78, 5) is 14.1. The minimum atomic E-state index is -0.0186. The van der Waals surface area contributed by atoms with Crippen molar-refractivity contribution in [3.05, 3.63) is 60.2 Å². The fourth-order valence-electron chi connectivity index (χ4n) is 2.24. The topological polar surface area (TPSA) is 32.3 Å². The van der Waals surface area contributed by atoms with E-state index < -0.39 is 0 Å². The van der Waals surface area contributed by atoms with Gasteiger partial charge in [-0.1, -0.05) is 51.1 Å². The molecule has 0 aliphatic carbocycles. The highest BCUT2D eigenvalue weighted by Crippen LogP contribution is 2.23. The Balaban J connectivity index is 1.95. The van der Waals surface area contributed by atoms with Crippen molar-refractivity contribution in [2.24, 2.45) is 0 Å². The molecule has 1 amide bonds. The molecule has 0 heterocycles. The van der Waals surface area contributed by atoms with Crippen LogP contribution in [0, 0.1) is 0 Å². The van der Waals surface area contributed by atoms with Gasteiger partial charge in [0.1, 0.15) is 0 Å². The Morgan fingerprint density at radius 1 is 1.00 bits per heavy atom. The zero-order valence-electron chi connectivity index (χ0n) is 13.8. The van der Waals surface area contributed by atoms with Gasteiger partial charge in [-0.05, 0) is 35.2 Å². The van der Waals surface area contributed by atoms with E-state index in [1.165, 1.54) is 5.56 Å². The van der Waals surface area contributed by atoms with Crippen molar-refractivity contribution in [1.82, 2.24) is 0 Å². The number of carbonyl (C=O) groups excluding carboxylic acids is 1. The zero-order chi connectivity index (χ0) is 16.2. The molecule has 0 bridgehead atoms. The maximum atomic E-state index is 12.1. The monoisotopic (exact) mass is 296 g/mol. The largest absolute Gasteiger partial charge is 0.365 e. The molecule has 0 saturated carbocycles. The number of nitrogens with zero attached hydrogens (tertiary/aromatic N) is 1. The van der Waals surface area contributed by atoms with Gasteiger partial charge in [0.25, 0.3) is 0 Å². The maximum Gasteiger partial charge on any atom is 0.243 e. The molecule has 2 aromatic rings. The van der Waals surface area contributed by atoms with Crippen molar-refractivity contribution >= 4 is 17.3 Å². The van der Waals surface area contributed by atoms with Gasteiger partial charge in [0, 0.05) is 18.4 Å². The molecule has 2 rings (SSSR count). The number of likely N-dealkylation sites (N-methyl/N-ethyl adjacent to an activating group) is 1. The van der Waals surface area contributed by atoms with Gasteiger partial charge in [-0.15, -0.1) is 0 Å². The summed E-state index contributed by atoms with van der Waals surface area (Å²) in [5.41, 5.74) is 3.24. The quantitative estimate of drug-likeness (QED) is 0.923. The van der Waals surface area contributed by atoms with Crippen molar-refractivity contribution in [3.63, 3.8) is 0 Å². The lowest BCUT2D eigenvalue weighted by Gasteiger charge is -2.20. The molecule has 3 nitrogen and oxygen atoms in total. The average molecular weight is 296 g/mol. The van der Waals surface area contributed by atoms with Gasteiger partial charge in [0.2, 0.25) is 5.91 Å². The summed E-state index contributed by atoms with van der Waals surface area (Å²) < 4.78 is 0. The summed E-state index contributed by atoms with van der Waals surface area (Å²) in [6.45, 7) is 6.85. The molecule has 116 valence electrons. The van der Waals surface area contributed by atoms with Crippen molar-refractivity contribution in [2.45, 2.75) is 26.2 Å². The third-order valence-corrected chi connectivity index (χ3v) is 3.61. The van der Waals surface area contributed by atoms with Crippen molar-refractivity contribution in [2.75, 3.05) is 23.8 Å². The number of hydrogen-bond acceptors (Lipinski definition) is 2. The second-order valence-corrected chi connectivity index (χ2v) is 6.57. The highest BCUT2D eigenvalue weighted by atomic mass is 16.2. The molecule has 0 radical (unpaired) electrons. The highest BCUT2D eigenvalue weighted by Gasteiger charge is 2.13. The van der Waals surface area contributed by atoms with Gasteiger partial charge in [0.05, 0.1) is 6.54 Å². The van der Waals surface area contributed by atoms with Crippen LogP contribution in [0.5, 0.6) is 0 Å². The summed E-state index contributed by atoms with van der Waals surface area (Å²) in [7, 11) is 1.91. The molecule has 22 heavy (non-hydrogen) atoms. The summed E-state index contributed by atoms with van der Waals surface area (Å²) in [5, 5.41) is 2.94. The van der Waals surface area contributed by atoms with Gasteiger partial charge >= 0.3 is 0 Å². The molecule has 1 N–H and O–H groups in total. The van der Waals surface area contributed by atoms with E-state index in [4.69, 9.17) is 0 Å². The average Bonchev–Trinajstić information content (AvgIpc) is 2.47. The van der Waals surface area contributed by atoms with Crippen LogP contribution in [0.2, 0.25) is 0 Å². The van der Waals surface area contributed by atoms with Crippen molar-refractivity contribution in [3.8, 4) is 0 Å². The number of carbonyl (C=O) groups is 1. The fourth-order valence-corrected chi connectivity index (χ4v) is 2.24. The molecule has 0 aromatic heterocycles. The van der Waals surface area contributed by atoms with Crippen LogP contribution in [0.15, 0.2) is 54.6 Å². The standard InChI is InChI=1S/C19H24N2O/c1-19(2,3)15-10-12-16(13-11-15)20-18(22)14-21(4)17-8-6-5-7-9-17/h5-13H,14H2,1-4H3,(H,20,22). The summed E-state index contributed by atoms with van der Waals surface area (Å²) in [5.74, 6) is -0.0186. The van der Waals surface area contributed by atoms with Crippen LogP contribution in [0.4, 0.5) is 11.4 Å². The molecule has 0 unspecified atom stereocenters. The van der Waals surface area contributed by atoms with Gasteiger partial charge in [0.15, 0.2) is 0 Å². The summed E-state index contributed by atoms with van der Waals surface area (Å²) in [6, 6.07) is 17.9. The van der Waals surface area contributed by atoms with Gasteiger partial charge in [-0.3, -0.25) is 4.79 Å². The number of para-hydroxylation sites is 1. The Hall–Kier alpha value is -2.29. The lowest BCUT2D eigenvalue weighted by molar-refractivity contribution is -0.114. The van der Waals surface area contributed by atoms with Crippen LogP contribution < -0.4 is 10.2 Å². The van der Waals surface area contributed by atoms with Gasteiger partial charge in [-0.25, -0.2) is 0 Å². The second kappa shape index (κ2) is 6.65. The molecule has 3 heteroatoms. The number of nitrogens with one attached hydrogen (secondary N) is 1. The van der Waals surface area contributed by atoms with Gasteiger partial charge < -0.3 is 10.2 Å². The van der Waals surface area contributed by atoms with E-state index in [1.807, 2.05) is 54.4 Å². The molecule has 0 saturated heterocycles. The first-order valence-corrected chi connectivity index (χ1v) is 7.53. The lowest BCUT2D eigenvalue weighted by atomic mass is 9.87. The Bertz CT molecular complexity index is 612. The smallest absolute Gasteiger partial charge is 0.243 e. The molecule has 2 aromatic carbocycles. The number of benzene rings is 2. The maximum absolute atomic E-state index is 12.1. The third-order valence-electron chi connectivity index (χ3n) is 3.61. The van der Waals surface area contributed by atoms with Crippen LogP contribution in [-0.2, 0) is 10.2 Å². The summed E-state index contributed by atoms with van der Waals surface area (Å²) in [6.07, 6.45) is 0. The predicted molar refractivity (Wildman–Crippen MR) is 93.5 cm³/mol. The van der Waals surface area contributed by atoms with E-state index in [-0.39, 0.29) is 11.3 Å². The Morgan fingerprint density at radius 2 is 1.59 bits per heavy atom. The van der Waals surface area contributed by atoms with Crippen LogP contribution in [0.25, 0.3) is 0 Å². The number of hydrogen-bond donors (Lipinski definition) is 1. The van der Waals surface area contributed by atoms with Crippen LogP contribution >= 0.6 is 0 Å². The fraction of sp³-hybridized carbons (Fsp3) is 0.316. The molecule has 0 aliphatic heterocycles. The molecule has 0 spiro atoms. The lowest BCUT2D eigenvalue weighted by Crippen LogP contribution is -2.30. The molecule has 0 aliphatic rings. The first kappa shape index (κ1) is 16.1. The van der Waals surface area contributed by atoms with Crippen molar-refractivity contribution < 1.29 is 4.79 Å². The summed E-state index contributed by atoms with van der Waals surface area (Å²) >= 11 is 0. The van der Waals surface area contributed by atoms with Crippen LogP contribution in [-0.4, -0.2) is 19.5 Å². The zero-order valence-corrected chi connectivity index (χ0v) is 13.8. The molecule has 0 atom stereocenters. The van der Waals surface area contributed by atoms with E-state index in [1.54, 1.807) is 0 Å². The van der Waals surface area contributed by atoms with Crippen molar-refractivity contribution in [1.29, 1.82) is 0 Å². The number of amides is 1. The Kier molecular flexibility index (Phi) is 4.86. The van der Waals surface area contributed by atoms with E-state index in [0.717, 1.165) is 11.4 Å². The molecular weight excluding hydrogens is 272 g/mol. The van der Waals surface area contributed by atoms with Crippen LogP contribution in [0.1, 0.15) is 26.3 Å². The second-order valence-electron chi connectivity index (χ2n) is 6.57. The van der Waals surface area contributed by atoms with E-state index in [2.05, 4.69) is 38.2 Å². The van der Waals surface area contributed by atoms with Crippen LogP contribution in [0.3, 0.4) is 0 Å². The molecule has 0 fully saturated rings. The first-order chi connectivity index (χ1) is 10.4.